The predicted molar refractivity (Wildman–Crippen MR) is 95.9 cm³/mol. The minimum Gasteiger partial charge on any atom is -0.466 e. The molecule has 136 valence electrons. The van der Waals surface area contributed by atoms with Gasteiger partial charge in [-0.15, -0.1) is 0 Å². The highest BCUT2D eigenvalue weighted by Crippen LogP contribution is 2.58. The molecular formula is C22H24O4. The molecule has 26 heavy (non-hydrogen) atoms. The molecule has 5 aliphatic rings. The minimum absolute atomic E-state index is 0.440. The summed E-state index contributed by atoms with van der Waals surface area (Å²) in [6.45, 7) is 5.69. The van der Waals surface area contributed by atoms with Crippen LogP contribution in [-0.4, -0.2) is 11.9 Å². The van der Waals surface area contributed by atoms with E-state index in [9.17, 15) is 9.59 Å². The lowest BCUT2D eigenvalue weighted by Gasteiger charge is -2.51. The summed E-state index contributed by atoms with van der Waals surface area (Å²) in [6, 6.07) is 1.94. The summed E-state index contributed by atoms with van der Waals surface area (Å²) in [5.41, 5.74) is 3.97. The van der Waals surface area contributed by atoms with Crippen LogP contribution in [0.4, 0.5) is 0 Å². The summed E-state index contributed by atoms with van der Waals surface area (Å²) >= 11 is 0. The standard InChI is InChI=1S/C22H24O4/c1-10-4-17(12(3)25-10)11(2)18-20(22(24)26-21(18)23)19-15-6-13-5-14(8-15)9-16(19)7-13/h4,13-16H,5-9H2,1-3H3/b18-11+,20-19?. The van der Waals surface area contributed by atoms with Crippen molar-refractivity contribution < 1.29 is 18.7 Å². The van der Waals surface area contributed by atoms with Crippen molar-refractivity contribution in [2.75, 3.05) is 0 Å². The smallest absolute Gasteiger partial charge is 0.347 e. The Morgan fingerprint density at radius 2 is 1.58 bits per heavy atom. The molecule has 1 aromatic rings. The molecule has 0 radical (unpaired) electrons. The number of carbonyl (C=O) groups is 2. The van der Waals surface area contributed by atoms with Crippen LogP contribution in [0.25, 0.3) is 5.57 Å². The van der Waals surface area contributed by atoms with Gasteiger partial charge in [0.15, 0.2) is 0 Å². The van der Waals surface area contributed by atoms with Gasteiger partial charge in [0.05, 0.1) is 11.1 Å². The summed E-state index contributed by atoms with van der Waals surface area (Å²) in [5.74, 6) is 3.16. The molecule has 4 aliphatic carbocycles. The van der Waals surface area contributed by atoms with Crippen LogP contribution >= 0.6 is 0 Å². The van der Waals surface area contributed by atoms with Crippen molar-refractivity contribution in [1.82, 2.24) is 0 Å². The Hall–Kier alpha value is -2.10. The maximum absolute atomic E-state index is 12.7. The van der Waals surface area contributed by atoms with Gasteiger partial charge in [-0.05, 0) is 93.8 Å². The van der Waals surface area contributed by atoms with E-state index in [0.717, 1.165) is 34.5 Å². The van der Waals surface area contributed by atoms with Gasteiger partial charge < -0.3 is 9.15 Å². The van der Waals surface area contributed by atoms with E-state index in [-0.39, 0.29) is 0 Å². The minimum atomic E-state index is -0.498. The van der Waals surface area contributed by atoms with E-state index < -0.39 is 11.9 Å². The van der Waals surface area contributed by atoms with Crippen molar-refractivity contribution in [2.24, 2.45) is 23.7 Å². The second-order valence-electron chi connectivity index (χ2n) is 8.64. The molecule has 6 rings (SSSR count). The number of allylic oxidation sites excluding steroid dienone is 2. The van der Waals surface area contributed by atoms with Crippen LogP contribution in [-0.2, 0) is 14.3 Å². The highest BCUT2D eigenvalue weighted by Gasteiger charge is 2.49. The molecule has 0 aromatic carbocycles. The molecule has 2 heterocycles. The Bertz CT molecular complexity index is 865. The van der Waals surface area contributed by atoms with E-state index in [1.165, 1.54) is 37.7 Å². The SMILES string of the molecule is C/C(=C1\C(=O)OC(=O)C1=C1C2CC3CC(C2)CC1C3)c1cc(C)oc1C. The molecule has 4 nitrogen and oxygen atoms in total. The quantitative estimate of drug-likeness (QED) is 0.424. The fourth-order valence-corrected chi connectivity index (χ4v) is 6.23. The molecule has 1 aliphatic heterocycles. The Morgan fingerprint density at radius 3 is 2.12 bits per heavy atom. The molecule has 4 bridgehead atoms. The van der Waals surface area contributed by atoms with Crippen LogP contribution in [0.15, 0.2) is 27.2 Å². The summed E-state index contributed by atoms with van der Waals surface area (Å²) in [7, 11) is 0. The van der Waals surface area contributed by atoms with Gasteiger partial charge in [0.2, 0.25) is 0 Å². The fraction of sp³-hybridized carbons (Fsp3) is 0.545. The first kappa shape index (κ1) is 16.1. The lowest BCUT2D eigenvalue weighted by Crippen LogP contribution is -2.41. The number of furan rings is 1. The van der Waals surface area contributed by atoms with Gasteiger partial charge >= 0.3 is 11.9 Å². The Balaban J connectivity index is 1.70. The predicted octanol–water partition coefficient (Wildman–Crippen LogP) is 4.51. The number of hydrogen-bond donors (Lipinski definition) is 0. The van der Waals surface area contributed by atoms with E-state index in [0.29, 0.717) is 23.0 Å². The number of esters is 2. The molecule has 0 spiro atoms. The van der Waals surface area contributed by atoms with E-state index in [1.54, 1.807) is 0 Å². The average Bonchev–Trinajstić information content (AvgIpc) is 3.04. The molecule has 4 heteroatoms. The first-order chi connectivity index (χ1) is 12.4. The van der Waals surface area contributed by atoms with Gasteiger partial charge in [-0.2, -0.15) is 0 Å². The highest BCUT2D eigenvalue weighted by atomic mass is 16.6. The number of cyclic esters (lactones) is 2. The molecule has 1 aromatic heterocycles. The van der Waals surface area contributed by atoms with Crippen molar-refractivity contribution in [3.8, 4) is 0 Å². The molecule has 0 N–H and O–H groups in total. The highest BCUT2D eigenvalue weighted by molar-refractivity contribution is 6.22. The van der Waals surface area contributed by atoms with E-state index in [4.69, 9.17) is 9.15 Å². The first-order valence-electron chi connectivity index (χ1n) is 9.71. The first-order valence-corrected chi connectivity index (χ1v) is 9.71. The molecular weight excluding hydrogens is 328 g/mol. The van der Waals surface area contributed by atoms with Gasteiger partial charge in [0.25, 0.3) is 0 Å². The van der Waals surface area contributed by atoms with Gasteiger partial charge in [0, 0.05) is 5.56 Å². The normalized spacial score (nSPS) is 34.7. The third-order valence-corrected chi connectivity index (χ3v) is 6.97. The number of ether oxygens (including phenoxy) is 1. The monoisotopic (exact) mass is 352 g/mol. The second-order valence-corrected chi connectivity index (χ2v) is 8.64. The number of aryl methyl sites for hydroxylation is 2. The number of hydrogen-bond acceptors (Lipinski definition) is 4. The maximum atomic E-state index is 12.7. The van der Waals surface area contributed by atoms with Crippen LogP contribution in [0.1, 0.15) is 56.1 Å². The zero-order valence-electron chi connectivity index (χ0n) is 15.6. The zero-order chi connectivity index (χ0) is 18.2. The number of carbonyl (C=O) groups excluding carboxylic acids is 2. The zero-order valence-corrected chi connectivity index (χ0v) is 15.6. The van der Waals surface area contributed by atoms with E-state index >= 15 is 0 Å². The molecule has 1 saturated heterocycles. The summed E-state index contributed by atoms with van der Waals surface area (Å²) < 4.78 is 10.8. The molecule has 4 saturated carbocycles. The average molecular weight is 352 g/mol. The van der Waals surface area contributed by atoms with Gasteiger partial charge in [0.1, 0.15) is 11.5 Å². The molecule has 0 atom stereocenters. The third kappa shape index (κ3) is 2.20. The lowest BCUT2D eigenvalue weighted by molar-refractivity contribution is -0.149. The van der Waals surface area contributed by atoms with Gasteiger partial charge in [-0.3, -0.25) is 0 Å². The lowest BCUT2D eigenvalue weighted by atomic mass is 9.53. The van der Waals surface area contributed by atoms with E-state index in [2.05, 4.69) is 0 Å². The van der Waals surface area contributed by atoms with Crippen LogP contribution in [0.2, 0.25) is 0 Å². The fourth-order valence-electron chi connectivity index (χ4n) is 6.23. The van der Waals surface area contributed by atoms with Gasteiger partial charge in [-0.25, -0.2) is 9.59 Å². The Labute approximate surface area is 153 Å². The second kappa shape index (κ2) is 5.45. The van der Waals surface area contributed by atoms with Gasteiger partial charge in [-0.1, -0.05) is 0 Å². The molecule has 0 unspecified atom stereocenters. The van der Waals surface area contributed by atoms with Crippen molar-refractivity contribution in [1.29, 1.82) is 0 Å². The summed E-state index contributed by atoms with van der Waals surface area (Å²) in [6.07, 6.45) is 6.04. The molecule has 5 fully saturated rings. The molecule has 0 amide bonds. The Kier molecular flexibility index (Phi) is 3.37. The Morgan fingerprint density at radius 1 is 0.962 bits per heavy atom. The van der Waals surface area contributed by atoms with Crippen LogP contribution in [0.3, 0.4) is 0 Å². The van der Waals surface area contributed by atoms with Crippen molar-refractivity contribution in [2.45, 2.75) is 52.9 Å². The van der Waals surface area contributed by atoms with E-state index in [1.807, 2.05) is 26.8 Å². The van der Waals surface area contributed by atoms with Crippen LogP contribution < -0.4 is 0 Å². The summed E-state index contributed by atoms with van der Waals surface area (Å²) in [5, 5.41) is 0. The van der Waals surface area contributed by atoms with Crippen LogP contribution in [0.5, 0.6) is 0 Å². The number of rotatable bonds is 1. The van der Waals surface area contributed by atoms with Crippen molar-refractivity contribution in [3.63, 3.8) is 0 Å². The van der Waals surface area contributed by atoms with Crippen molar-refractivity contribution >= 4 is 17.5 Å². The summed E-state index contributed by atoms with van der Waals surface area (Å²) in [4.78, 5) is 25.3. The maximum Gasteiger partial charge on any atom is 0.347 e. The third-order valence-electron chi connectivity index (χ3n) is 6.97. The van der Waals surface area contributed by atoms with Crippen molar-refractivity contribution in [3.05, 3.63) is 39.9 Å². The largest absolute Gasteiger partial charge is 0.466 e. The topological polar surface area (TPSA) is 56.5 Å². The van der Waals surface area contributed by atoms with Crippen LogP contribution in [0, 0.1) is 37.5 Å².